The predicted octanol–water partition coefficient (Wildman–Crippen LogP) is -1.43. The van der Waals surface area contributed by atoms with E-state index in [1.54, 1.807) is 11.8 Å². The summed E-state index contributed by atoms with van der Waals surface area (Å²) in [6, 6.07) is -0.516. The lowest BCUT2D eigenvalue weighted by atomic mass is 10.2. The standard InChI is InChI=1S/C11H21NO6/c1-7(10(15)16-2)12-4-8(6-13)18-11(17-3)9(14)5-12/h7-9,11,13-14H,4-6H2,1-3H3/t7?,8-,9+,11-/m0/s1. The molecule has 2 N–H and O–H groups in total. The van der Waals surface area contributed by atoms with Crippen LogP contribution in [-0.2, 0) is 19.0 Å². The summed E-state index contributed by atoms with van der Waals surface area (Å²) in [7, 11) is 2.73. The van der Waals surface area contributed by atoms with E-state index in [1.807, 2.05) is 0 Å². The third-order valence-corrected chi connectivity index (χ3v) is 3.03. The monoisotopic (exact) mass is 263 g/mol. The molecule has 106 valence electrons. The molecule has 0 amide bonds. The smallest absolute Gasteiger partial charge is 0.322 e. The maximum Gasteiger partial charge on any atom is 0.322 e. The number of β-amino-alcohol motifs (C(OH)–C–C–N with tert-alkyl or cyclic N) is 1. The Morgan fingerprint density at radius 1 is 1.50 bits per heavy atom. The number of methoxy groups -OCH3 is 2. The van der Waals surface area contributed by atoms with Crippen molar-refractivity contribution in [1.29, 1.82) is 0 Å². The van der Waals surface area contributed by atoms with E-state index in [9.17, 15) is 15.0 Å². The molecule has 1 unspecified atom stereocenters. The van der Waals surface area contributed by atoms with Gasteiger partial charge in [-0.25, -0.2) is 0 Å². The fourth-order valence-electron chi connectivity index (χ4n) is 1.94. The Hall–Kier alpha value is -0.730. The van der Waals surface area contributed by atoms with Crippen LogP contribution in [0.5, 0.6) is 0 Å². The Balaban J connectivity index is 2.76. The van der Waals surface area contributed by atoms with E-state index in [2.05, 4.69) is 4.74 Å². The topological polar surface area (TPSA) is 88.5 Å². The minimum atomic E-state index is -0.890. The Morgan fingerprint density at radius 2 is 2.17 bits per heavy atom. The van der Waals surface area contributed by atoms with Crippen LogP contribution in [0.2, 0.25) is 0 Å². The number of aliphatic hydroxyl groups is 2. The number of ether oxygens (including phenoxy) is 3. The second-order valence-corrected chi connectivity index (χ2v) is 4.27. The lowest BCUT2D eigenvalue weighted by Crippen LogP contribution is -2.46. The zero-order valence-electron chi connectivity index (χ0n) is 10.9. The van der Waals surface area contributed by atoms with Gasteiger partial charge in [0.05, 0.1) is 19.8 Å². The van der Waals surface area contributed by atoms with E-state index in [0.29, 0.717) is 6.54 Å². The summed E-state index contributed by atoms with van der Waals surface area (Å²) in [6.07, 6.45) is -2.21. The third kappa shape index (κ3) is 3.63. The third-order valence-electron chi connectivity index (χ3n) is 3.03. The van der Waals surface area contributed by atoms with E-state index in [-0.39, 0.29) is 13.2 Å². The first-order valence-corrected chi connectivity index (χ1v) is 5.82. The lowest BCUT2D eigenvalue weighted by molar-refractivity contribution is -0.196. The van der Waals surface area contributed by atoms with Crippen molar-refractivity contribution in [3.8, 4) is 0 Å². The van der Waals surface area contributed by atoms with Crippen LogP contribution in [0.4, 0.5) is 0 Å². The number of rotatable bonds is 4. The first-order valence-electron chi connectivity index (χ1n) is 5.82. The van der Waals surface area contributed by atoms with E-state index >= 15 is 0 Å². The zero-order valence-corrected chi connectivity index (χ0v) is 10.9. The van der Waals surface area contributed by atoms with Crippen molar-refractivity contribution >= 4 is 5.97 Å². The van der Waals surface area contributed by atoms with Crippen LogP contribution in [0, 0.1) is 0 Å². The normalized spacial score (nSPS) is 31.7. The molecule has 0 aliphatic carbocycles. The second-order valence-electron chi connectivity index (χ2n) is 4.27. The highest BCUT2D eigenvalue weighted by Gasteiger charge is 2.35. The molecule has 7 heteroatoms. The first kappa shape index (κ1) is 15.3. The van der Waals surface area contributed by atoms with Crippen LogP contribution >= 0.6 is 0 Å². The van der Waals surface area contributed by atoms with Crippen LogP contribution in [0.25, 0.3) is 0 Å². The maximum atomic E-state index is 11.5. The van der Waals surface area contributed by atoms with Crippen LogP contribution in [0.3, 0.4) is 0 Å². The van der Waals surface area contributed by atoms with Gasteiger partial charge in [0, 0.05) is 20.2 Å². The van der Waals surface area contributed by atoms with Gasteiger partial charge in [0.1, 0.15) is 12.1 Å². The number of aliphatic hydroxyl groups excluding tert-OH is 2. The molecule has 0 radical (unpaired) electrons. The minimum Gasteiger partial charge on any atom is -0.468 e. The summed E-state index contributed by atoms with van der Waals surface area (Å²) in [4.78, 5) is 13.2. The van der Waals surface area contributed by atoms with Crippen LogP contribution < -0.4 is 0 Å². The molecule has 7 nitrogen and oxygen atoms in total. The molecular weight excluding hydrogens is 242 g/mol. The molecule has 0 aromatic carbocycles. The molecule has 1 aliphatic heterocycles. The largest absolute Gasteiger partial charge is 0.468 e. The summed E-state index contributed by atoms with van der Waals surface area (Å²) in [5.41, 5.74) is 0. The Morgan fingerprint density at radius 3 is 2.67 bits per heavy atom. The summed E-state index contributed by atoms with van der Waals surface area (Å²) in [6.45, 7) is 2.01. The molecule has 0 aromatic heterocycles. The van der Waals surface area contributed by atoms with Crippen molar-refractivity contribution in [3.05, 3.63) is 0 Å². The predicted molar refractivity (Wildman–Crippen MR) is 61.8 cm³/mol. The summed E-state index contributed by atoms with van der Waals surface area (Å²) in [5.74, 6) is -0.394. The number of carbonyl (C=O) groups is 1. The van der Waals surface area contributed by atoms with E-state index in [4.69, 9.17) is 9.47 Å². The SMILES string of the molecule is COC(=O)C(C)N1C[C@@H](CO)O[C@H](OC)[C@H](O)C1. The molecule has 0 saturated carbocycles. The number of esters is 1. The van der Waals surface area contributed by atoms with Crippen molar-refractivity contribution in [2.24, 2.45) is 0 Å². The van der Waals surface area contributed by atoms with E-state index in [0.717, 1.165) is 0 Å². The highest BCUT2D eigenvalue weighted by atomic mass is 16.7. The Kier molecular flexibility index (Phi) is 5.97. The van der Waals surface area contributed by atoms with E-state index < -0.39 is 30.5 Å². The van der Waals surface area contributed by atoms with Gasteiger partial charge in [-0.2, -0.15) is 0 Å². The van der Waals surface area contributed by atoms with E-state index in [1.165, 1.54) is 14.2 Å². The quantitative estimate of drug-likeness (QED) is 0.601. The fraction of sp³-hybridized carbons (Fsp3) is 0.909. The maximum absolute atomic E-state index is 11.5. The molecular formula is C11H21NO6. The van der Waals surface area contributed by atoms with Crippen LogP contribution in [0.1, 0.15) is 6.92 Å². The lowest BCUT2D eigenvalue weighted by Gasteiger charge is -2.27. The van der Waals surface area contributed by atoms with Gasteiger partial charge in [-0.3, -0.25) is 9.69 Å². The molecule has 0 spiro atoms. The molecule has 1 heterocycles. The summed E-state index contributed by atoms with van der Waals surface area (Å²) >= 11 is 0. The van der Waals surface area contributed by atoms with Crippen molar-refractivity contribution in [1.82, 2.24) is 4.90 Å². The number of nitrogens with zero attached hydrogens (tertiary/aromatic N) is 1. The number of carbonyl (C=O) groups excluding carboxylic acids is 1. The van der Waals surface area contributed by atoms with Crippen LogP contribution in [-0.4, -0.2) is 79.5 Å². The molecule has 1 saturated heterocycles. The number of hydrogen-bond donors (Lipinski definition) is 2. The molecule has 18 heavy (non-hydrogen) atoms. The molecule has 0 aromatic rings. The molecule has 0 bridgehead atoms. The minimum absolute atomic E-state index is 0.211. The van der Waals surface area contributed by atoms with Crippen LogP contribution in [0.15, 0.2) is 0 Å². The second kappa shape index (κ2) is 7.01. The molecule has 1 rings (SSSR count). The van der Waals surface area contributed by atoms with Crippen molar-refractivity contribution in [2.75, 3.05) is 33.9 Å². The average molecular weight is 263 g/mol. The van der Waals surface area contributed by atoms with Gasteiger partial charge in [0.2, 0.25) is 0 Å². The first-order chi connectivity index (χ1) is 8.53. The molecule has 1 fully saturated rings. The van der Waals surface area contributed by atoms with Crippen molar-refractivity contribution < 1.29 is 29.2 Å². The number of hydrogen-bond acceptors (Lipinski definition) is 7. The van der Waals surface area contributed by atoms with Gasteiger partial charge >= 0.3 is 5.97 Å². The Labute approximate surface area is 106 Å². The van der Waals surface area contributed by atoms with Gasteiger partial charge in [0.15, 0.2) is 6.29 Å². The fourth-order valence-corrected chi connectivity index (χ4v) is 1.94. The molecule has 4 atom stereocenters. The zero-order chi connectivity index (χ0) is 13.7. The summed E-state index contributed by atoms with van der Waals surface area (Å²) in [5, 5.41) is 19.1. The average Bonchev–Trinajstić information content (AvgIpc) is 2.55. The summed E-state index contributed by atoms with van der Waals surface area (Å²) < 4.78 is 15.1. The highest BCUT2D eigenvalue weighted by Crippen LogP contribution is 2.16. The van der Waals surface area contributed by atoms with Crippen molar-refractivity contribution in [2.45, 2.75) is 31.5 Å². The van der Waals surface area contributed by atoms with Gasteiger partial charge in [-0.05, 0) is 6.92 Å². The van der Waals surface area contributed by atoms with Gasteiger partial charge in [-0.15, -0.1) is 0 Å². The highest BCUT2D eigenvalue weighted by molar-refractivity contribution is 5.75. The molecule has 1 aliphatic rings. The van der Waals surface area contributed by atoms with Gasteiger partial charge in [0.25, 0.3) is 0 Å². The van der Waals surface area contributed by atoms with Gasteiger partial charge in [-0.1, -0.05) is 0 Å². The van der Waals surface area contributed by atoms with Crippen molar-refractivity contribution in [3.63, 3.8) is 0 Å². The van der Waals surface area contributed by atoms with Gasteiger partial charge < -0.3 is 24.4 Å². The Bertz CT molecular complexity index is 272.